The highest BCUT2D eigenvalue weighted by Crippen LogP contribution is 2.17. The van der Waals surface area contributed by atoms with Gasteiger partial charge in [-0.05, 0) is 24.3 Å². The van der Waals surface area contributed by atoms with Crippen molar-refractivity contribution in [1.82, 2.24) is 4.31 Å². The summed E-state index contributed by atoms with van der Waals surface area (Å²) in [6.45, 7) is 2.73. The molecule has 0 bridgehead atoms. The van der Waals surface area contributed by atoms with E-state index in [1.54, 1.807) is 19.1 Å². The van der Waals surface area contributed by atoms with Gasteiger partial charge in [0.1, 0.15) is 0 Å². The molecule has 0 radical (unpaired) electrons. The molecule has 1 aromatic rings. The number of hydrogen-bond donors (Lipinski definition) is 3. The van der Waals surface area contributed by atoms with Gasteiger partial charge in [-0.25, -0.2) is 8.42 Å². The predicted octanol–water partition coefficient (Wildman–Crippen LogP) is -0.00830. The first kappa shape index (κ1) is 16.9. The van der Waals surface area contributed by atoms with Crippen molar-refractivity contribution in [3.05, 3.63) is 24.3 Å². The van der Waals surface area contributed by atoms with Crippen LogP contribution in [0.5, 0.6) is 0 Å². The number of aliphatic hydroxyl groups is 1. The molecule has 0 fully saturated rings. The van der Waals surface area contributed by atoms with E-state index in [-0.39, 0.29) is 31.3 Å². The predicted molar refractivity (Wildman–Crippen MR) is 76.6 cm³/mol. The van der Waals surface area contributed by atoms with Crippen molar-refractivity contribution >= 4 is 15.7 Å². The van der Waals surface area contributed by atoms with Crippen molar-refractivity contribution in [1.29, 1.82) is 0 Å². The topological polar surface area (TPSA) is 105 Å². The van der Waals surface area contributed by atoms with Gasteiger partial charge < -0.3 is 15.3 Å². The van der Waals surface area contributed by atoms with E-state index >= 15 is 0 Å². The molecule has 1 aromatic carbocycles. The first-order valence-corrected chi connectivity index (χ1v) is 7.75. The number of anilines is 1. The number of hydrazine groups is 1. The Morgan fingerprint density at radius 2 is 1.95 bits per heavy atom. The lowest BCUT2D eigenvalue weighted by molar-refractivity contribution is 0.0860. The molecule has 0 amide bonds. The number of nitrogens with one attached hydrogen (secondary N) is 1. The first-order chi connectivity index (χ1) is 9.56. The number of nitrogens with two attached hydrogens (primary N) is 1. The Labute approximate surface area is 119 Å². The lowest BCUT2D eigenvalue weighted by atomic mass is 10.3. The van der Waals surface area contributed by atoms with Gasteiger partial charge in [-0.3, -0.25) is 5.84 Å². The number of nitrogens with zero attached hydrogens (tertiary/aromatic N) is 1. The van der Waals surface area contributed by atoms with Crippen LogP contribution >= 0.6 is 0 Å². The monoisotopic (exact) mass is 303 g/mol. The van der Waals surface area contributed by atoms with E-state index < -0.39 is 10.0 Å². The summed E-state index contributed by atoms with van der Waals surface area (Å²) in [4.78, 5) is 0.209. The maximum absolute atomic E-state index is 12.4. The number of benzene rings is 1. The quantitative estimate of drug-likeness (QED) is 0.337. The number of nitrogen functional groups attached to an aromatic ring is 1. The van der Waals surface area contributed by atoms with Crippen molar-refractivity contribution in [2.75, 3.05) is 38.3 Å². The average molecular weight is 303 g/mol. The van der Waals surface area contributed by atoms with Crippen LogP contribution in [0.1, 0.15) is 6.92 Å². The molecule has 0 saturated carbocycles. The third-order valence-corrected chi connectivity index (χ3v) is 4.72. The summed E-state index contributed by atoms with van der Waals surface area (Å²) in [7, 11) is -3.54. The molecule has 0 aliphatic heterocycles. The van der Waals surface area contributed by atoms with Crippen molar-refractivity contribution in [2.24, 2.45) is 5.84 Å². The number of ether oxygens (including phenoxy) is 1. The smallest absolute Gasteiger partial charge is 0.243 e. The van der Waals surface area contributed by atoms with Gasteiger partial charge in [-0.1, -0.05) is 6.92 Å². The minimum atomic E-state index is -3.54. The van der Waals surface area contributed by atoms with Crippen molar-refractivity contribution in [3.8, 4) is 0 Å². The van der Waals surface area contributed by atoms with Gasteiger partial charge >= 0.3 is 0 Å². The molecule has 7 nitrogen and oxygen atoms in total. The standard InChI is InChI=1S/C12H21N3O4S/c1-2-15(7-9-19-10-8-16)20(17,18)12-5-3-11(14-13)4-6-12/h3-6,14,16H,2,7-10,13H2,1H3. The fourth-order valence-corrected chi connectivity index (χ4v) is 3.09. The fourth-order valence-electron chi connectivity index (χ4n) is 1.65. The number of rotatable bonds is 9. The third kappa shape index (κ3) is 4.43. The summed E-state index contributed by atoms with van der Waals surface area (Å²) in [5.74, 6) is 5.24. The van der Waals surface area contributed by atoms with Crippen LogP contribution in [0.3, 0.4) is 0 Å². The van der Waals surface area contributed by atoms with Gasteiger partial charge in [0, 0.05) is 18.8 Å². The molecule has 0 spiro atoms. The summed E-state index contributed by atoms with van der Waals surface area (Å²) in [5, 5.41) is 8.60. The molecule has 0 unspecified atom stereocenters. The molecule has 0 aliphatic rings. The average Bonchev–Trinajstić information content (AvgIpc) is 2.47. The second-order valence-corrected chi connectivity index (χ2v) is 5.94. The summed E-state index contributed by atoms with van der Waals surface area (Å²) >= 11 is 0. The lowest BCUT2D eigenvalue weighted by Crippen LogP contribution is -2.34. The summed E-state index contributed by atoms with van der Waals surface area (Å²) < 4.78 is 31.2. The van der Waals surface area contributed by atoms with E-state index in [0.717, 1.165) is 0 Å². The Balaban J connectivity index is 2.77. The van der Waals surface area contributed by atoms with Crippen LogP contribution < -0.4 is 11.3 Å². The normalized spacial score (nSPS) is 11.8. The summed E-state index contributed by atoms with van der Waals surface area (Å²) in [5.41, 5.74) is 3.08. The zero-order valence-electron chi connectivity index (χ0n) is 11.4. The van der Waals surface area contributed by atoms with E-state index in [2.05, 4.69) is 5.43 Å². The van der Waals surface area contributed by atoms with E-state index in [1.165, 1.54) is 16.4 Å². The van der Waals surface area contributed by atoms with Gasteiger partial charge in [0.05, 0.1) is 24.7 Å². The van der Waals surface area contributed by atoms with E-state index in [9.17, 15) is 8.42 Å². The minimum absolute atomic E-state index is 0.0770. The molecule has 0 aromatic heterocycles. The van der Waals surface area contributed by atoms with Crippen LogP contribution in [-0.2, 0) is 14.8 Å². The van der Waals surface area contributed by atoms with Gasteiger partial charge in [0.2, 0.25) is 10.0 Å². The van der Waals surface area contributed by atoms with Crippen LogP contribution in [0.2, 0.25) is 0 Å². The number of sulfonamides is 1. The summed E-state index contributed by atoms with van der Waals surface area (Å²) in [6.07, 6.45) is 0. The Hall–Kier alpha value is -1.19. The molecular weight excluding hydrogens is 282 g/mol. The van der Waals surface area contributed by atoms with E-state index in [0.29, 0.717) is 12.2 Å². The molecule has 114 valence electrons. The molecule has 0 aliphatic carbocycles. The molecule has 0 atom stereocenters. The third-order valence-electron chi connectivity index (χ3n) is 2.73. The molecule has 0 saturated heterocycles. The number of aliphatic hydroxyl groups excluding tert-OH is 1. The second-order valence-electron chi connectivity index (χ2n) is 4.00. The Kier molecular flexibility index (Phi) is 6.89. The van der Waals surface area contributed by atoms with Gasteiger partial charge in [0.25, 0.3) is 0 Å². The Morgan fingerprint density at radius 3 is 2.45 bits per heavy atom. The zero-order valence-corrected chi connectivity index (χ0v) is 12.3. The van der Waals surface area contributed by atoms with Gasteiger partial charge in [-0.15, -0.1) is 0 Å². The highest BCUT2D eigenvalue weighted by molar-refractivity contribution is 7.89. The molecule has 0 heterocycles. The molecule has 8 heteroatoms. The van der Waals surface area contributed by atoms with Gasteiger partial charge in [-0.2, -0.15) is 4.31 Å². The fraction of sp³-hybridized carbons (Fsp3) is 0.500. The van der Waals surface area contributed by atoms with Crippen molar-refractivity contribution < 1.29 is 18.3 Å². The van der Waals surface area contributed by atoms with Crippen LogP contribution in [-0.4, -0.2) is 50.7 Å². The molecule has 4 N–H and O–H groups in total. The van der Waals surface area contributed by atoms with Crippen molar-refractivity contribution in [3.63, 3.8) is 0 Å². The van der Waals surface area contributed by atoms with E-state index in [1.807, 2.05) is 0 Å². The van der Waals surface area contributed by atoms with Gasteiger partial charge in [0.15, 0.2) is 0 Å². The molecule has 20 heavy (non-hydrogen) atoms. The van der Waals surface area contributed by atoms with Crippen molar-refractivity contribution in [2.45, 2.75) is 11.8 Å². The highest BCUT2D eigenvalue weighted by Gasteiger charge is 2.22. The lowest BCUT2D eigenvalue weighted by Gasteiger charge is -2.20. The summed E-state index contributed by atoms with van der Waals surface area (Å²) in [6, 6.07) is 6.20. The zero-order chi connectivity index (χ0) is 15.0. The van der Waals surface area contributed by atoms with Crippen LogP contribution in [0.15, 0.2) is 29.2 Å². The maximum atomic E-state index is 12.4. The number of likely N-dealkylation sites (N-methyl/N-ethyl adjacent to an activating group) is 1. The minimum Gasteiger partial charge on any atom is -0.394 e. The first-order valence-electron chi connectivity index (χ1n) is 6.31. The second kappa shape index (κ2) is 8.18. The van der Waals surface area contributed by atoms with E-state index in [4.69, 9.17) is 15.7 Å². The van der Waals surface area contributed by atoms with Crippen LogP contribution in [0, 0.1) is 0 Å². The maximum Gasteiger partial charge on any atom is 0.243 e. The molecule has 1 rings (SSSR count). The Bertz CT molecular complexity index is 490. The SMILES string of the molecule is CCN(CCOCCO)S(=O)(=O)c1ccc(NN)cc1. The van der Waals surface area contributed by atoms with Crippen LogP contribution in [0.25, 0.3) is 0 Å². The highest BCUT2D eigenvalue weighted by atomic mass is 32.2. The van der Waals surface area contributed by atoms with Crippen LogP contribution in [0.4, 0.5) is 5.69 Å². The Morgan fingerprint density at radius 1 is 1.30 bits per heavy atom. The molecular formula is C12H21N3O4S. The number of hydrogen-bond acceptors (Lipinski definition) is 6. The largest absolute Gasteiger partial charge is 0.394 e.